The zero-order valence-corrected chi connectivity index (χ0v) is 19.5. The van der Waals surface area contributed by atoms with Crippen LogP contribution in [-0.4, -0.2) is 41.0 Å². The highest BCUT2D eigenvalue weighted by molar-refractivity contribution is 7.22. The lowest BCUT2D eigenvalue weighted by Crippen LogP contribution is -2.60. The van der Waals surface area contributed by atoms with E-state index in [1.54, 1.807) is 4.90 Å². The van der Waals surface area contributed by atoms with E-state index in [1.165, 1.54) is 18.2 Å². The van der Waals surface area contributed by atoms with Crippen molar-refractivity contribution in [2.75, 3.05) is 31.1 Å². The summed E-state index contributed by atoms with van der Waals surface area (Å²) in [6.07, 6.45) is -3.43. The summed E-state index contributed by atoms with van der Waals surface area (Å²) >= 11 is 0.825. The summed E-state index contributed by atoms with van der Waals surface area (Å²) in [4.78, 5) is 30.8. The molecule has 2 fully saturated rings. The van der Waals surface area contributed by atoms with E-state index in [9.17, 15) is 36.9 Å². The number of halogens is 5. The van der Waals surface area contributed by atoms with E-state index in [0.29, 0.717) is 51.2 Å². The number of hydrogen-bond donors (Lipinski definition) is 0. The molecule has 7 nitrogen and oxygen atoms in total. The van der Waals surface area contributed by atoms with Gasteiger partial charge in [-0.2, -0.15) is 18.2 Å². The number of aromatic nitrogens is 1. The number of benzene rings is 2. The molecule has 190 valence electrons. The Morgan fingerprint density at radius 3 is 2.33 bits per heavy atom. The van der Waals surface area contributed by atoms with Crippen LogP contribution in [0.15, 0.2) is 35.1 Å². The van der Waals surface area contributed by atoms with Gasteiger partial charge in [-0.05, 0) is 36.5 Å². The topological polar surface area (TPSA) is 79.6 Å². The van der Waals surface area contributed by atoms with Crippen molar-refractivity contribution in [2.45, 2.75) is 25.6 Å². The Balaban J connectivity index is 1.32. The number of fused-ring (bicyclic) bond motifs is 1. The molecule has 0 radical (unpaired) electrons. The molecule has 0 amide bonds. The van der Waals surface area contributed by atoms with E-state index in [1.807, 2.05) is 4.90 Å². The summed E-state index contributed by atoms with van der Waals surface area (Å²) < 4.78 is 67.3. The second kappa shape index (κ2) is 8.73. The van der Waals surface area contributed by atoms with Crippen LogP contribution in [0.25, 0.3) is 10.1 Å². The number of anilines is 1. The first-order valence-corrected chi connectivity index (χ1v) is 11.9. The van der Waals surface area contributed by atoms with E-state index in [4.69, 9.17) is 0 Å². The van der Waals surface area contributed by atoms with Crippen LogP contribution >= 0.6 is 11.3 Å². The smallest absolute Gasteiger partial charge is 0.348 e. The van der Waals surface area contributed by atoms with E-state index in [0.717, 1.165) is 11.3 Å². The fraction of sp³-hybridized carbons (Fsp3) is 0.391. The second-order valence-electron chi connectivity index (χ2n) is 9.26. The summed E-state index contributed by atoms with van der Waals surface area (Å²) in [5.41, 5.74) is -3.02. The quantitative estimate of drug-likeness (QED) is 0.272. The van der Waals surface area contributed by atoms with Crippen molar-refractivity contribution in [3.05, 3.63) is 73.6 Å². The lowest BCUT2D eigenvalue weighted by atomic mass is 9.72. The largest absolute Gasteiger partial charge is 0.416 e. The molecule has 2 saturated heterocycles. The Bertz CT molecular complexity index is 1390. The number of hydrogen-bond acceptors (Lipinski definition) is 7. The van der Waals surface area contributed by atoms with Gasteiger partial charge >= 0.3 is 6.18 Å². The Morgan fingerprint density at radius 1 is 1.11 bits per heavy atom. The minimum atomic E-state index is -4.84. The number of nitrogens with zero attached hydrogens (tertiary/aromatic N) is 4. The number of nitro benzene ring substituents is 1. The van der Waals surface area contributed by atoms with E-state index < -0.39 is 44.9 Å². The van der Waals surface area contributed by atoms with Crippen molar-refractivity contribution in [3.63, 3.8) is 0 Å². The maximum atomic E-state index is 13.9. The Morgan fingerprint density at radius 2 is 1.75 bits per heavy atom. The molecule has 1 spiro atoms. The van der Waals surface area contributed by atoms with Crippen LogP contribution in [0.5, 0.6) is 0 Å². The molecule has 2 aromatic carbocycles. The van der Waals surface area contributed by atoms with Crippen molar-refractivity contribution in [1.82, 2.24) is 9.88 Å². The van der Waals surface area contributed by atoms with Crippen LogP contribution in [0.1, 0.15) is 24.0 Å². The summed E-state index contributed by atoms with van der Waals surface area (Å²) in [6, 6.07) is 4.81. The first-order valence-electron chi connectivity index (χ1n) is 11.1. The molecule has 36 heavy (non-hydrogen) atoms. The molecule has 2 aliphatic rings. The average Bonchev–Trinajstić information content (AvgIpc) is 2.79. The number of nitro groups is 1. The molecule has 1 aromatic heterocycles. The van der Waals surface area contributed by atoms with Gasteiger partial charge in [-0.3, -0.25) is 19.8 Å². The van der Waals surface area contributed by atoms with E-state index in [2.05, 4.69) is 4.98 Å². The van der Waals surface area contributed by atoms with Gasteiger partial charge in [-0.1, -0.05) is 17.4 Å². The molecule has 0 aliphatic carbocycles. The molecule has 0 saturated carbocycles. The average molecular weight is 526 g/mol. The molecule has 3 aromatic rings. The first kappa shape index (κ1) is 24.5. The van der Waals surface area contributed by atoms with Gasteiger partial charge in [0.25, 0.3) is 11.2 Å². The third-order valence-corrected chi connectivity index (χ3v) is 8.04. The number of alkyl halides is 3. The zero-order chi connectivity index (χ0) is 25.8. The van der Waals surface area contributed by atoms with Gasteiger partial charge in [-0.15, -0.1) is 0 Å². The number of piperidine rings is 1. The number of likely N-dealkylation sites (tertiary alicyclic amines) is 1. The first-order chi connectivity index (χ1) is 17.0. The highest BCUT2D eigenvalue weighted by Crippen LogP contribution is 2.43. The monoisotopic (exact) mass is 526 g/mol. The SMILES string of the molecule is O=c1nc(N2CCC3(CC2)CN(Cc2c(F)cccc2F)C3)sc2c([N+](=O)[O-])cc(C(F)(F)F)cc12. The van der Waals surface area contributed by atoms with Gasteiger partial charge in [0.15, 0.2) is 5.13 Å². The van der Waals surface area contributed by atoms with Crippen molar-refractivity contribution in [2.24, 2.45) is 5.41 Å². The second-order valence-corrected chi connectivity index (χ2v) is 10.2. The van der Waals surface area contributed by atoms with E-state index >= 15 is 0 Å². The summed E-state index contributed by atoms with van der Waals surface area (Å²) in [5, 5.41) is 11.3. The molecule has 0 bridgehead atoms. The summed E-state index contributed by atoms with van der Waals surface area (Å²) in [5.74, 6) is -1.17. The molecule has 0 unspecified atom stereocenters. The minimum absolute atomic E-state index is 0.0326. The minimum Gasteiger partial charge on any atom is -0.348 e. The maximum absolute atomic E-state index is 13.9. The third kappa shape index (κ3) is 4.41. The van der Waals surface area contributed by atoms with Gasteiger partial charge in [0.1, 0.15) is 16.3 Å². The van der Waals surface area contributed by atoms with Crippen LogP contribution in [0.2, 0.25) is 0 Å². The lowest BCUT2D eigenvalue weighted by molar-refractivity contribution is -0.383. The van der Waals surface area contributed by atoms with Gasteiger partial charge in [0, 0.05) is 44.4 Å². The van der Waals surface area contributed by atoms with Gasteiger partial charge in [0.2, 0.25) is 0 Å². The molecule has 13 heteroatoms. The predicted octanol–water partition coefficient (Wildman–Crippen LogP) is 4.96. The molecule has 0 atom stereocenters. The summed E-state index contributed by atoms with van der Waals surface area (Å²) in [6.45, 7) is 2.46. The van der Waals surface area contributed by atoms with Crippen LogP contribution in [0.4, 0.5) is 32.8 Å². The molecular formula is C23H19F5N4O3S. The fourth-order valence-corrected chi connectivity index (χ4v) is 6.10. The van der Waals surface area contributed by atoms with E-state index in [-0.39, 0.29) is 27.4 Å². The van der Waals surface area contributed by atoms with Crippen molar-refractivity contribution in [1.29, 1.82) is 0 Å². The molecule has 5 rings (SSSR count). The van der Waals surface area contributed by atoms with Crippen molar-refractivity contribution in [3.8, 4) is 0 Å². The van der Waals surface area contributed by atoms with Gasteiger partial charge in [0.05, 0.1) is 15.9 Å². The number of non-ortho nitro benzene ring substituents is 1. The highest BCUT2D eigenvalue weighted by atomic mass is 32.1. The Labute approximate surface area is 204 Å². The number of rotatable bonds is 4. The predicted molar refractivity (Wildman–Crippen MR) is 123 cm³/mol. The Hall–Kier alpha value is -3.19. The Kier molecular flexibility index (Phi) is 5.94. The van der Waals surface area contributed by atoms with Crippen LogP contribution < -0.4 is 10.5 Å². The molecular weight excluding hydrogens is 507 g/mol. The van der Waals surface area contributed by atoms with Crippen molar-refractivity contribution < 1.29 is 26.9 Å². The molecule has 3 heterocycles. The molecule has 0 N–H and O–H groups in total. The zero-order valence-electron chi connectivity index (χ0n) is 18.6. The van der Waals surface area contributed by atoms with Crippen LogP contribution in [-0.2, 0) is 12.7 Å². The lowest BCUT2D eigenvalue weighted by Gasteiger charge is -2.54. The van der Waals surface area contributed by atoms with Crippen LogP contribution in [0, 0.1) is 27.2 Å². The van der Waals surface area contributed by atoms with Gasteiger partial charge in [-0.25, -0.2) is 8.78 Å². The third-order valence-electron chi connectivity index (χ3n) is 6.87. The molecule has 2 aliphatic heterocycles. The highest BCUT2D eigenvalue weighted by Gasteiger charge is 2.45. The standard InChI is InChI=1S/C23H19F5N4O3S/c24-16-2-1-3-17(25)15(16)10-30-11-22(12-30)4-6-31(7-5-22)21-29-20(33)14-8-13(23(26,27)28)9-18(32(34)35)19(14)36-21/h1-3,8-9H,4-7,10-12H2. The normalized spacial score (nSPS) is 18.0. The van der Waals surface area contributed by atoms with Gasteiger partial charge < -0.3 is 4.90 Å². The maximum Gasteiger partial charge on any atom is 0.416 e. The fourth-order valence-electron chi connectivity index (χ4n) is 4.99. The summed E-state index contributed by atoms with van der Waals surface area (Å²) in [7, 11) is 0. The van der Waals surface area contributed by atoms with Crippen LogP contribution in [0.3, 0.4) is 0 Å². The van der Waals surface area contributed by atoms with Crippen molar-refractivity contribution >= 4 is 32.2 Å².